The van der Waals surface area contributed by atoms with Crippen LogP contribution in [0.3, 0.4) is 0 Å². The molecule has 0 amide bonds. The first-order chi connectivity index (χ1) is 8.38. The van der Waals surface area contributed by atoms with Gasteiger partial charge in [-0.2, -0.15) is 0 Å². The second-order valence-electron chi connectivity index (χ2n) is 4.73. The van der Waals surface area contributed by atoms with Crippen molar-refractivity contribution >= 4 is 0 Å². The van der Waals surface area contributed by atoms with Gasteiger partial charge >= 0.3 is 0 Å². The Hall–Kier alpha value is -1.00. The molecule has 0 aromatic carbocycles. The van der Waals surface area contributed by atoms with Crippen molar-refractivity contribution in [2.24, 2.45) is 0 Å². The van der Waals surface area contributed by atoms with Gasteiger partial charge in [-0.15, -0.1) is 0 Å². The molecule has 4 heteroatoms. The van der Waals surface area contributed by atoms with E-state index in [1.54, 1.807) is 6.33 Å². The van der Waals surface area contributed by atoms with Gasteiger partial charge in [0.25, 0.3) is 0 Å². The molecule has 94 valence electrons. The SMILES string of the molecule is CCCN(Cc1ccncn1)CC1CCCN1. The Morgan fingerprint density at radius 2 is 2.47 bits per heavy atom. The molecule has 0 radical (unpaired) electrons. The summed E-state index contributed by atoms with van der Waals surface area (Å²) in [6, 6.07) is 2.67. The Balaban J connectivity index is 1.87. The van der Waals surface area contributed by atoms with Crippen molar-refractivity contribution in [2.45, 2.75) is 38.8 Å². The second kappa shape index (κ2) is 6.67. The lowest BCUT2D eigenvalue weighted by Crippen LogP contribution is -2.37. The maximum Gasteiger partial charge on any atom is 0.115 e. The summed E-state index contributed by atoms with van der Waals surface area (Å²) in [4.78, 5) is 10.8. The van der Waals surface area contributed by atoms with Crippen molar-refractivity contribution in [2.75, 3.05) is 19.6 Å². The number of aromatic nitrogens is 2. The zero-order chi connectivity index (χ0) is 11.9. The third kappa shape index (κ3) is 4.06. The predicted molar refractivity (Wildman–Crippen MR) is 68.6 cm³/mol. The zero-order valence-electron chi connectivity index (χ0n) is 10.6. The zero-order valence-corrected chi connectivity index (χ0v) is 10.6. The van der Waals surface area contributed by atoms with Gasteiger partial charge in [0.1, 0.15) is 6.33 Å². The van der Waals surface area contributed by atoms with Gasteiger partial charge in [0.05, 0.1) is 5.69 Å². The van der Waals surface area contributed by atoms with Crippen LogP contribution < -0.4 is 5.32 Å². The maximum absolute atomic E-state index is 4.30. The van der Waals surface area contributed by atoms with E-state index in [-0.39, 0.29) is 0 Å². The van der Waals surface area contributed by atoms with E-state index in [0.717, 1.165) is 25.3 Å². The highest BCUT2D eigenvalue weighted by Gasteiger charge is 2.17. The molecule has 17 heavy (non-hydrogen) atoms. The highest BCUT2D eigenvalue weighted by molar-refractivity contribution is 4.97. The summed E-state index contributed by atoms with van der Waals surface area (Å²) in [7, 11) is 0. The van der Waals surface area contributed by atoms with Gasteiger partial charge in [0, 0.05) is 25.3 Å². The molecule has 4 nitrogen and oxygen atoms in total. The highest BCUT2D eigenvalue weighted by atomic mass is 15.2. The number of nitrogens with one attached hydrogen (secondary N) is 1. The molecule has 0 aliphatic carbocycles. The Bertz CT molecular complexity index is 308. The van der Waals surface area contributed by atoms with Gasteiger partial charge in [-0.05, 0) is 38.4 Å². The van der Waals surface area contributed by atoms with Crippen LogP contribution >= 0.6 is 0 Å². The topological polar surface area (TPSA) is 41.1 Å². The van der Waals surface area contributed by atoms with E-state index in [9.17, 15) is 0 Å². The Labute approximate surface area is 103 Å². The van der Waals surface area contributed by atoms with Crippen LogP contribution in [0.2, 0.25) is 0 Å². The summed E-state index contributed by atoms with van der Waals surface area (Å²) in [6.45, 7) is 6.63. The maximum atomic E-state index is 4.30. The van der Waals surface area contributed by atoms with Crippen LogP contribution in [0, 0.1) is 0 Å². The largest absolute Gasteiger partial charge is 0.313 e. The lowest BCUT2D eigenvalue weighted by molar-refractivity contribution is 0.239. The minimum absolute atomic E-state index is 0.670. The van der Waals surface area contributed by atoms with Crippen molar-refractivity contribution in [3.63, 3.8) is 0 Å². The third-order valence-electron chi connectivity index (χ3n) is 3.21. The minimum atomic E-state index is 0.670. The smallest absolute Gasteiger partial charge is 0.115 e. The standard InChI is InChI=1S/C13H22N4/c1-2-8-17(9-12-4-3-6-15-12)10-13-5-7-14-11-16-13/h5,7,11-12,15H,2-4,6,8-10H2,1H3. The quantitative estimate of drug-likeness (QED) is 0.808. The lowest BCUT2D eigenvalue weighted by Gasteiger charge is -2.24. The summed E-state index contributed by atoms with van der Waals surface area (Å²) >= 11 is 0. The van der Waals surface area contributed by atoms with Crippen LogP contribution in [0.4, 0.5) is 0 Å². The van der Waals surface area contributed by atoms with Crippen LogP contribution in [0.1, 0.15) is 31.9 Å². The summed E-state index contributed by atoms with van der Waals surface area (Å²) in [5.74, 6) is 0. The first kappa shape index (κ1) is 12.5. The molecule has 1 aliphatic rings. The van der Waals surface area contributed by atoms with Crippen LogP contribution in [0.25, 0.3) is 0 Å². The summed E-state index contributed by atoms with van der Waals surface area (Å²) < 4.78 is 0. The van der Waals surface area contributed by atoms with E-state index in [1.165, 1.54) is 25.8 Å². The van der Waals surface area contributed by atoms with Gasteiger partial charge in [-0.3, -0.25) is 4.90 Å². The summed E-state index contributed by atoms with van der Waals surface area (Å²) in [5, 5.41) is 3.56. The normalized spacial score (nSPS) is 20.0. The third-order valence-corrected chi connectivity index (χ3v) is 3.21. The van der Waals surface area contributed by atoms with Crippen LogP contribution in [-0.2, 0) is 6.54 Å². The van der Waals surface area contributed by atoms with Crippen molar-refractivity contribution < 1.29 is 0 Å². The molecule has 1 aromatic rings. The molecule has 1 N–H and O–H groups in total. The van der Waals surface area contributed by atoms with E-state index in [1.807, 2.05) is 12.3 Å². The minimum Gasteiger partial charge on any atom is -0.313 e. The van der Waals surface area contributed by atoms with Crippen LogP contribution in [0.15, 0.2) is 18.6 Å². The Morgan fingerprint density at radius 3 is 3.12 bits per heavy atom. The van der Waals surface area contributed by atoms with Crippen molar-refractivity contribution in [1.82, 2.24) is 20.2 Å². The van der Waals surface area contributed by atoms with Crippen LogP contribution in [0.5, 0.6) is 0 Å². The molecule has 1 saturated heterocycles. The van der Waals surface area contributed by atoms with Crippen molar-refractivity contribution in [1.29, 1.82) is 0 Å². The molecular weight excluding hydrogens is 212 g/mol. The highest BCUT2D eigenvalue weighted by Crippen LogP contribution is 2.09. The molecule has 2 rings (SSSR count). The second-order valence-corrected chi connectivity index (χ2v) is 4.73. The average Bonchev–Trinajstić information content (AvgIpc) is 2.83. The fourth-order valence-corrected chi connectivity index (χ4v) is 2.42. The monoisotopic (exact) mass is 234 g/mol. The first-order valence-corrected chi connectivity index (χ1v) is 6.59. The number of nitrogens with zero attached hydrogens (tertiary/aromatic N) is 3. The number of hydrogen-bond donors (Lipinski definition) is 1. The fourth-order valence-electron chi connectivity index (χ4n) is 2.42. The molecule has 0 saturated carbocycles. The van der Waals surface area contributed by atoms with E-state index in [2.05, 4.69) is 27.1 Å². The molecule has 2 heterocycles. The molecule has 1 fully saturated rings. The van der Waals surface area contributed by atoms with E-state index in [4.69, 9.17) is 0 Å². The molecule has 1 aromatic heterocycles. The Morgan fingerprint density at radius 1 is 1.53 bits per heavy atom. The first-order valence-electron chi connectivity index (χ1n) is 6.59. The van der Waals surface area contributed by atoms with Gasteiger partial charge < -0.3 is 5.32 Å². The number of hydrogen-bond acceptors (Lipinski definition) is 4. The van der Waals surface area contributed by atoms with E-state index >= 15 is 0 Å². The van der Waals surface area contributed by atoms with Gasteiger partial charge in [-0.1, -0.05) is 6.92 Å². The van der Waals surface area contributed by atoms with Gasteiger partial charge in [0.2, 0.25) is 0 Å². The van der Waals surface area contributed by atoms with Gasteiger partial charge in [0.15, 0.2) is 0 Å². The molecule has 1 aliphatic heterocycles. The summed E-state index contributed by atoms with van der Waals surface area (Å²) in [6.07, 6.45) is 7.27. The molecular formula is C13H22N4. The molecule has 1 atom stereocenters. The predicted octanol–water partition coefficient (Wildman–Crippen LogP) is 1.44. The van der Waals surface area contributed by atoms with E-state index < -0.39 is 0 Å². The number of rotatable bonds is 6. The van der Waals surface area contributed by atoms with E-state index in [0.29, 0.717) is 6.04 Å². The molecule has 0 bridgehead atoms. The fraction of sp³-hybridized carbons (Fsp3) is 0.692. The van der Waals surface area contributed by atoms with Crippen molar-refractivity contribution in [3.8, 4) is 0 Å². The average molecular weight is 234 g/mol. The molecule has 1 unspecified atom stereocenters. The van der Waals surface area contributed by atoms with Gasteiger partial charge in [-0.25, -0.2) is 9.97 Å². The lowest BCUT2D eigenvalue weighted by atomic mass is 10.2. The van der Waals surface area contributed by atoms with Crippen LogP contribution in [-0.4, -0.2) is 40.5 Å². The Kier molecular flexibility index (Phi) is 4.88. The summed E-state index contributed by atoms with van der Waals surface area (Å²) in [5.41, 5.74) is 1.12. The van der Waals surface area contributed by atoms with Crippen molar-refractivity contribution in [3.05, 3.63) is 24.3 Å². The molecule has 0 spiro atoms.